The zero-order valence-corrected chi connectivity index (χ0v) is 13.8. The maximum Gasteiger partial charge on any atom is 0.138 e. The number of nitrogens with one attached hydrogen (secondary N) is 1. The number of rotatable bonds is 1. The average Bonchev–Trinajstić information content (AvgIpc) is 3.13. The Morgan fingerprint density at radius 2 is 1.35 bits per heavy atom. The lowest BCUT2D eigenvalue weighted by atomic mass is 9.93. The summed E-state index contributed by atoms with van der Waals surface area (Å²) in [4.78, 5) is 8.44. The van der Waals surface area contributed by atoms with Crippen LogP contribution < -0.4 is 0 Å². The Hall–Kier alpha value is -3.59. The molecule has 0 unspecified atom stereocenters. The van der Waals surface area contributed by atoms with Crippen LogP contribution in [0.4, 0.5) is 0 Å². The van der Waals surface area contributed by atoms with Crippen LogP contribution in [0.15, 0.2) is 72.8 Å². The summed E-state index contributed by atoms with van der Waals surface area (Å²) in [6.07, 6.45) is 0. The molecule has 5 aromatic carbocycles. The molecule has 3 nitrogen and oxygen atoms in total. The second kappa shape index (κ2) is 4.73. The first-order valence-corrected chi connectivity index (χ1v) is 8.64. The number of nitrogens with zero attached hydrogens (tertiary/aromatic N) is 1. The highest BCUT2D eigenvalue weighted by atomic mass is 16.3. The number of hydrogen-bond donors (Lipinski definition) is 2. The molecular weight excluding hydrogens is 320 g/mol. The van der Waals surface area contributed by atoms with Crippen LogP contribution in [0.3, 0.4) is 0 Å². The molecule has 0 aliphatic heterocycles. The molecule has 0 aliphatic rings. The number of imidazole rings is 1. The fraction of sp³-hybridized carbons (Fsp3) is 0. The third kappa shape index (κ3) is 1.69. The normalized spacial score (nSPS) is 12.0. The van der Waals surface area contributed by atoms with E-state index >= 15 is 0 Å². The summed E-state index contributed by atoms with van der Waals surface area (Å²) in [5, 5.41) is 17.0. The van der Waals surface area contributed by atoms with Crippen LogP contribution in [0.1, 0.15) is 0 Å². The smallest absolute Gasteiger partial charge is 0.138 e. The first kappa shape index (κ1) is 13.7. The van der Waals surface area contributed by atoms with Crippen molar-refractivity contribution in [3.8, 4) is 17.1 Å². The summed E-state index contributed by atoms with van der Waals surface area (Å²) < 4.78 is 0. The maximum absolute atomic E-state index is 9.56. The van der Waals surface area contributed by atoms with E-state index in [9.17, 15) is 5.11 Å². The zero-order chi connectivity index (χ0) is 17.3. The van der Waals surface area contributed by atoms with Gasteiger partial charge in [-0.3, -0.25) is 0 Å². The van der Waals surface area contributed by atoms with Gasteiger partial charge in [-0.05, 0) is 45.8 Å². The summed E-state index contributed by atoms with van der Waals surface area (Å²) in [5.74, 6) is 1.07. The second-order valence-electron chi connectivity index (χ2n) is 6.73. The molecule has 1 heterocycles. The van der Waals surface area contributed by atoms with E-state index in [0.717, 1.165) is 22.4 Å². The van der Waals surface area contributed by atoms with Gasteiger partial charge in [-0.2, -0.15) is 0 Å². The molecule has 0 spiro atoms. The number of aromatic nitrogens is 2. The average molecular weight is 334 g/mol. The number of hydrogen-bond acceptors (Lipinski definition) is 2. The van der Waals surface area contributed by atoms with E-state index in [4.69, 9.17) is 4.98 Å². The van der Waals surface area contributed by atoms with Gasteiger partial charge in [-0.15, -0.1) is 0 Å². The van der Waals surface area contributed by atoms with Crippen molar-refractivity contribution in [1.29, 1.82) is 0 Å². The lowest BCUT2D eigenvalue weighted by molar-refractivity contribution is 0.475. The summed E-state index contributed by atoms with van der Waals surface area (Å²) in [7, 11) is 0. The molecule has 0 saturated heterocycles. The lowest BCUT2D eigenvalue weighted by Crippen LogP contribution is -1.85. The Labute approximate surface area is 148 Å². The van der Waals surface area contributed by atoms with E-state index in [-0.39, 0.29) is 5.75 Å². The Balaban J connectivity index is 1.83. The van der Waals surface area contributed by atoms with E-state index < -0.39 is 0 Å². The van der Waals surface area contributed by atoms with E-state index in [2.05, 4.69) is 53.5 Å². The highest BCUT2D eigenvalue weighted by molar-refractivity contribution is 6.32. The van der Waals surface area contributed by atoms with Crippen LogP contribution in [-0.2, 0) is 0 Å². The van der Waals surface area contributed by atoms with E-state index in [1.807, 2.05) is 12.1 Å². The minimum atomic E-state index is 0.256. The van der Waals surface area contributed by atoms with Crippen LogP contribution >= 0.6 is 0 Å². The predicted molar refractivity (Wildman–Crippen MR) is 107 cm³/mol. The molecule has 0 radical (unpaired) electrons. The van der Waals surface area contributed by atoms with Crippen LogP contribution in [0.2, 0.25) is 0 Å². The summed E-state index contributed by atoms with van der Waals surface area (Å²) in [6, 6.07) is 24.3. The molecule has 0 aliphatic carbocycles. The highest BCUT2D eigenvalue weighted by Gasteiger charge is 2.16. The largest absolute Gasteiger partial charge is 0.508 e. The van der Waals surface area contributed by atoms with Crippen molar-refractivity contribution in [3.63, 3.8) is 0 Å². The molecule has 2 N–H and O–H groups in total. The van der Waals surface area contributed by atoms with Crippen molar-refractivity contribution in [2.75, 3.05) is 0 Å². The van der Waals surface area contributed by atoms with Gasteiger partial charge in [0, 0.05) is 16.3 Å². The molecule has 0 fully saturated rings. The van der Waals surface area contributed by atoms with E-state index in [1.54, 1.807) is 12.1 Å². The van der Waals surface area contributed by atoms with Crippen molar-refractivity contribution in [1.82, 2.24) is 9.97 Å². The molecule has 0 bridgehead atoms. The van der Waals surface area contributed by atoms with Crippen LogP contribution in [0, 0.1) is 0 Å². The van der Waals surface area contributed by atoms with Crippen LogP contribution in [0.5, 0.6) is 5.75 Å². The van der Waals surface area contributed by atoms with Gasteiger partial charge in [0.05, 0.1) is 11.0 Å². The third-order valence-electron chi connectivity index (χ3n) is 5.25. The van der Waals surface area contributed by atoms with E-state index in [0.29, 0.717) is 0 Å². The topological polar surface area (TPSA) is 48.9 Å². The molecule has 0 saturated carbocycles. The maximum atomic E-state index is 9.56. The minimum absolute atomic E-state index is 0.256. The Bertz CT molecular complexity index is 1340. The molecule has 6 aromatic rings. The summed E-state index contributed by atoms with van der Waals surface area (Å²) in [6.45, 7) is 0. The molecule has 26 heavy (non-hydrogen) atoms. The number of aromatic hydroxyl groups is 1. The van der Waals surface area contributed by atoms with Gasteiger partial charge in [0.25, 0.3) is 0 Å². The summed E-state index contributed by atoms with van der Waals surface area (Å²) >= 11 is 0. The molecule has 3 heteroatoms. The van der Waals surface area contributed by atoms with Crippen molar-refractivity contribution >= 4 is 43.4 Å². The highest BCUT2D eigenvalue weighted by Crippen LogP contribution is 2.40. The Morgan fingerprint density at radius 3 is 2.08 bits per heavy atom. The van der Waals surface area contributed by atoms with Crippen molar-refractivity contribution in [2.45, 2.75) is 0 Å². The first-order chi connectivity index (χ1) is 12.8. The lowest BCUT2D eigenvalue weighted by Gasteiger charge is -2.11. The van der Waals surface area contributed by atoms with Gasteiger partial charge < -0.3 is 10.1 Å². The fourth-order valence-electron chi connectivity index (χ4n) is 4.08. The van der Waals surface area contributed by atoms with Crippen LogP contribution in [-0.4, -0.2) is 15.1 Å². The SMILES string of the molecule is Oc1ccc(-c2nc3c4cccc5ccc6cccc(c3[nH]2)c6c54)cc1. The Morgan fingerprint density at radius 1 is 0.692 bits per heavy atom. The quantitative estimate of drug-likeness (QED) is 0.371. The van der Waals surface area contributed by atoms with Gasteiger partial charge >= 0.3 is 0 Å². The van der Waals surface area contributed by atoms with Crippen molar-refractivity contribution in [2.24, 2.45) is 0 Å². The third-order valence-corrected chi connectivity index (χ3v) is 5.25. The van der Waals surface area contributed by atoms with Crippen LogP contribution in [0.25, 0.3) is 54.7 Å². The second-order valence-corrected chi connectivity index (χ2v) is 6.73. The molecule has 122 valence electrons. The standard InChI is InChI=1S/C23H14N2O/c26-16-11-9-15(10-12-16)23-24-21-17-5-1-3-13-7-8-14-4-2-6-18(22(21)25-23)20(14)19(13)17/h1-12,26H,(H,24,25). The van der Waals surface area contributed by atoms with Gasteiger partial charge in [0.15, 0.2) is 0 Å². The van der Waals surface area contributed by atoms with Gasteiger partial charge in [-0.25, -0.2) is 4.98 Å². The molecule has 0 atom stereocenters. The van der Waals surface area contributed by atoms with Gasteiger partial charge in [-0.1, -0.05) is 48.5 Å². The predicted octanol–water partition coefficient (Wildman–Crippen LogP) is 5.83. The zero-order valence-electron chi connectivity index (χ0n) is 13.8. The number of fused-ring (bicyclic) bond motifs is 3. The molecule has 0 amide bonds. The molecular formula is C23H14N2O. The fourth-order valence-corrected chi connectivity index (χ4v) is 4.08. The van der Waals surface area contributed by atoms with Crippen molar-refractivity contribution in [3.05, 3.63) is 72.8 Å². The number of aromatic amines is 1. The summed E-state index contributed by atoms with van der Waals surface area (Å²) in [5.41, 5.74) is 3.01. The molecule has 6 rings (SSSR count). The Kier molecular flexibility index (Phi) is 2.49. The van der Waals surface area contributed by atoms with Crippen molar-refractivity contribution < 1.29 is 5.11 Å². The number of H-pyrrole nitrogens is 1. The number of phenolic OH excluding ortho intramolecular Hbond substituents is 1. The van der Waals surface area contributed by atoms with E-state index in [1.165, 1.54) is 32.3 Å². The van der Waals surface area contributed by atoms with Gasteiger partial charge in [0.2, 0.25) is 0 Å². The number of benzene rings is 5. The first-order valence-electron chi connectivity index (χ1n) is 8.64. The number of phenols is 1. The molecule has 1 aromatic heterocycles. The monoisotopic (exact) mass is 334 g/mol. The van der Waals surface area contributed by atoms with Gasteiger partial charge in [0.1, 0.15) is 11.6 Å². The minimum Gasteiger partial charge on any atom is -0.508 e.